The summed E-state index contributed by atoms with van der Waals surface area (Å²) in [6.45, 7) is 2.66. The van der Waals surface area contributed by atoms with Crippen LogP contribution >= 0.6 is 0 Å². The number of hydrogen-bond acceptors (Lipinski definition) is 3. The maximum absolute atomic E-state index is 12.7. The molecule has 1 saturated heterocycles. The van der Waals surface area contributed by atoms with Crippen molar-refractivity contribution in [3.63, 3.8) is 0 Å². The van der Waals surface area contributed by atoms with Crippen LogP contribution in [0.15, 0.2) is 47.3 Å². The Bertz CT molecular complexity index is 728. The van der Waals surface area contributed by atoms with E-state index in [-0.39, 0.29) is 23.0 Å². The van der Waals surface area contributed by atoms with Gasteiger partial charge in [0.1, 0.15) is 0 Å². The second-order valence-corrected chi connectivity index (χ2v) is 5.61. The molecule has 1 aliphatic rings. The van der Waals surface area contributed by atoms with Crippen molar-refractivity contribution in [2.24, 2.45) is 0 Å². The summed E-state index contributed by atoms with van der Waals surface area (Å²) in [4.78, 5) is 24.3. The van der Waals surface area contributed by atoms with Crippen LogP contribution in [0, 0.1) is 0 Å². The number of ketones is 1. The Hall–Kier alpha value is -2.20. The van der Waals surface area contributed by atoms with Crippen LogP contribution in [-0.2, 0) is 11.3 Å². The molecule has 0 spiro atoms. The molecule has 1 atom stereocenters. The third-order valence-corrected chi connectivity index (χ3v) is 4.03. The summed E-state index contributed by atoms with van der Waals surface area (Å²) >= 11 is 0. The largest absolute Gasteiger partial charge is 0.376 e. The fourth-order valence-electron chi connectivity index (χ4n) is 2.88. The monoisotopic (exact) mass is 297 g/mol. The Morgan fingerprint density at radius 2 is 2.00 bits per heavy atom. The lowest BCUT2D eigenvalue weighted by Crippen LogP contribution is -2.31. The Morgan fingerprint density at radius 3 is 2.64 bits per heavy atom. The van der Waals surface area contributed by atoms with Gasteiger partial charge in [0.25, 0.3) is 5.56 Å². The van der Waals surface area contributed by atoms with Crippen molar-refractivity contribution >= 4 is 5.78 Å². The van der Waals surface area contributed by atoms with Crippen molar-refractivity contribution in [1.29, 1.82) is 0 Å². The highest BCUT2D eigenvalue weighted by Gasteiger charge is 2.20. The quantitative estimate of drug-likeness (QED) is 0.815. The van der Waals surface area contributed by atoms with E-state index in [1.807, 2.05) is 36.4 Å². The number of carbonyl (C=O) groups excluding carboxylic acids is 1. The molecule has 0 radical (unpaired) electrons. The molecule has 1 aromatic heterocycles. The van der Waals surface area contributed by atoms with E-state index in [0.29, 0.717) is 6.54 Å². The summed E-state index contributed by atoms with van der Waals surface area (Å²) in [5.41, 5.74) is 1.79. The lowest BCUT2D eigenvalue weighted by Gasteiger charge is -2.17. The molecule has 1 unspecified atom stereocenters. The molecule has 114 valence electrons. The molecular formula is C18H19NO3. The number of carbonyl (C=O) groups is 1. The summed E-state index contributed by atoms with van der Waals surface area (Å²) in [5, 5.41) is 0. The van der Waals surface area contributed by atoms with Gasteiger partial charge in [-0.15, -0.1) is 0 Å². The Kier molecular flexibility index (Phi) is 4.20. The Morgan fingerprint density at radius 1 is 1.23 bits per heavy atom. The zero-order valence-electron chi connectivity index (χ0n) is 12.6. The molecule has 4 heteroatoms. The SMILES string of the molecule is CC(=O)c1ccc(-c2ccccc2)n(CC2CCCO2)c1=O. The Balaban J connectivity index is 2.10. The van der Waals surface area contributed by atoms with Gasteiger partial charge in [0.2, 0.25) is 0 Å². The van der Waals surface area contributed by atoms with Gasteiger partial charge < -0.3 is 9.30 Å². The first kappa shape index (κ1) is 14.7. The van der Waals surface area contributed by atoms with Crippen LogP contribution in [-0.4, -0.2) is 23.1 Å². The third-order valence-electron chi connectivity index (χ3n) is 4.03. The smallest absolute Gasteiger partial charge is 0.261 e. The molecule has 2 aromatic rings. The molecule has 1 aliphatic heterocycles. The van der Waals surface area contributed by atoms with Gasteiger partial charge in [0, 0.05) is 6.61 Å². The van der Waals surface area contributed by atoms with Crippen molar-refractivity contribution in [3.8, 4) is 11.3 Å². The molecule has 0 bridgehead atoms. The van der Waals surface area contributed by atoms with Crippen molar-refractivity contribution < 1.29 is 9.53 Å². The van der Waals surface area contributed by atoms with Gasteiger partial charge in [-0.1, -0.05) is 30.3 Å². The fraction of sp³-hybridized carbons (Fsp3) is 0.333. The summed E-state index contributed by atoms with van der Waals surface area (Å²) < 4.78 is 7.34. The van der Waals surface area contributed by atoms with Gasteiger partial charge in [-0.05, 0) is 37.5 Å². The average Bonchev–Trinajstić information content (AvgIpc) is 3.03. The number of hydrogen-bond donors (Lipinski definition) is 0. The zero-order chi connectivity index (χ0) is 15.5. The molecule has 0 saturated carbocycles. The van der Waals surface area contributed by atoms with E-state index in [1.165, 1.54) is 6.92 Å². The van der Waals surface area contributed by atoms with Gasteiger partial charge in [0.05, 0.1) is 23.9 Å². The van der Waals surface area contributed by atoms with E-state index in [1.54, 1.807) is 10.6 Å². The Labute approximate surface area is 129 Å². The van der Waals surface area contributed by atoms with E-state index < -0.39 is 0 Å². The molecule has 1 aromatic carbocycles. The number of nitrogens with zero attached hydrogens (tertiary/aromatic N) is 1. The number of aromatic nitrogens is 1. The highest BCUT2D eigenvalue weighted by atomic mass is 16.5. The molecule has 2 heterocycles. The second kappa shape index (κ2) is 6.28. The van der Waals surface area contributed by atoms with Gasteiger partial charge >= 0.3 is 0 Å². The fourth-order valence-corrected chi connectivity index (χ4v) is 2.88. The lowest BCUT2D eigenvalue weighted by molar-refractivity contribution is 0.0955. The van der Waals surface area contributed by atoms with E-state index in [4.69, 9.17) is 4.74 Å². The van der Waals surface area contributed by atoms with Gasteiger partial charge in [-0.3, -0.25) is 9.59 Å². The van der Waals surface area contributed by atoms with Gasteiger partial charge in [-0.25, -0.2) is 0 Å². The van der Waals surface area contributed by atoms with Crippen LogP contribution in [0.25, 0.3) is 11.3 Å². The third kappa shape index (κ3) is 2.88. The van der Waals surface area contributed by atoms with Crippen LogP contribution in [0.4, 0.5) is 0 Å². The number of Topliss-reactive ketones (excluding diaryl/α,β-unsaturated/α-hetero) is 1. The predicted molar refractivity (Wildman–Crippen MR) is 85.1 cm³/mol. The zero-order valence-corrected chi connectivity index (χ0v) is 12.6. The maximum Gasteiger partial charge on any atom is 0.261 e. The maximum atomic E-state index is 12.7. The van der Waals surface area contributed by atoms with Crippen LogP contribution in [0.1, 0.15) is 30.1 Å². The van der Waals surface area contributed by atoms with E-state index in [2.05, 4.69) is 0 Å². The van der Waals surface area contributed by atoms with E-state index in [9.17, 15) is 9.59 Å². The summed E-state index contributed by atoms with van der Waals surface area (Å²) in [7, 11) is 0. The van der Waals surface area contributed by atoms with Crippen LogP contribution in [0.2, 0.25) is 0 Å². The van der Waals surface area contributed by atoms with E-state index in [0.717, 1.165) is 30.7 Å². The first-order chi connectivity index (χ1) is 10.7. The van der Waals surface area contributed by atoms with Crippen LogP contribution < -0.4 is 5.56 Å². The minimum absolute atomic E-state index is 0.0439. The first-order valence-corrected chi connectivity index (χ1v) is 7.58. The van der Waals surface area contributed by atoms with Crippen LogP contribution in [0.5, 0.6) is 0 Å². The second-order valence-electron chi connectivity index (χ2n) is 5.61. The number of pyridine rings is 1. The lowest BCUT2D eigenvalue weighted by atomic mass is 10.1. The standard InChI is InChI=1S/C18H19NO3/c1-13(20)16-9-10-17(14-6-3-2-4-7-14)19(18(16)21)12-15-8-5-11-22-15/h2-4,6-7,9-10,15H,5,8,11-12H2,1H3. The highest BCUT2D eigenvalue weighted by molar-refractivity contribution is 5.94. The number of rotatable bonds is 4. The molecule has 4 nitrogen and oxygen atoms in total. The molecule has 0 aliphatic carbocycles. The van der Waals surface area contributed by atoms with Gasteiger partial charge in [0.15, 0.2) is 5.78 Å². The number of benzene rings is 1. The van der Waals surface area contributed by atoms with Crippen molar-refractivity contribution in [3.05, 3.63) is 58.4 Å². The van der Waals surface area contributed by atoms with Crippen molar-refractivity contribution in [2.45, 2.75) is 32.4 Å². The topological polar surface area (TPSA) is 48.3 Å². The number of ether oxygens (including phenoxy) is 1. The minimum atomic E-state index is -0.232. The highest BCUT2D eigenvalue weighted by Crippen LogP contribution is 2.21. The van der Waals surface area contributed by atoms with E-state index >= 15 is 0 Å². The average molecular weight is 297 g/mol. The summed E-state index contributed by atoms with van der Waals surface area (Å²) in [5.74, 6) is -0.203. The molecular weight excluding hydrogens is 278 g/mol. The van der Waals surface area contributed by atoms with Crippen LogP contribution in [0.3, 0.4) is 0 Å². The molecule has 3 rings (SSSR count). The van der Waals surface area contributed by atoms with Crippen molar-refractivity contribution in [2.75, 3.05) is 6.61 Å². The van der Waals surface area contributed by atoms with Crippen molar-refractivity contribution in [1.82, 2.24) is 4.57 Å². The normalized spacial score (nSPS) is 17.6. The molecule has 0 N–H and O–H groups in total. The summed E-state index contributed by atoms with van der Waals surface area (Å²) in [6.07, 6.45) is 2.01. The van der Waals surface area contributed by atoms with Gasteiger partial charge in [-0.2, -0.15) is 0 Å². The summed E-state index contributed by atoms with van der Waals surface area (Å²) in [6, 6.07) is 13.2. The minimum Gasteiger partial charge on any atom is -0.376 e. The molecule has 1 fully saturated rings. The molecule has 0 amide bonds. The first-order valence-electron chi connectivity index (χ1n) is 7.58. The molecule has 22 heavy (non-hydrogen) atoms. The predicted octanol–water partition coefficient (Wildman–Crippen LogP) is 2.90.